The second kappa shape index (κ2) is 9.46. The third-order valence-corrected chi connectivity index (χ3v) is 5.43. The first-order valence-electron chi connectivity index (χ1n) is 10.3. The number of hydrogen-bond donors (Lipinski definition) is 1. The van der Waals surface area contributed by atoms with Crippen LogP contribution in [0.5, 0.6) is 5.75 Å². The minimum Gasteiger partial charge on any atom is -0.497 e. The van der Waals surface area contributed by atoms with Gasteiger partial charge in [0.15, 0.2) is 0 Å². The molecule has 1 aromatic heterocycles. The Bertz CT molecular complexity index is 1110. The average Bonchev–Trinajstić information content (AvgIpc) is 3.05. The summed E-state index contributed by atoms with van der Waals surface area (Å²) in [4.78, 5) is 12.5. The fraction of sp³-hybridized carbons (Fsp3) is 0.333. The van der Waals surface area contributed by atoms with Gasteiger partial charge in [0.25, 0.3) is 0 Å². The zero-order valence-corrected chi connectivity index (χ0v) is 18.5. The van der Waals surface area contributed by atoms with Crippen LogP contribution in [0.25, 0.3) is 5.69 Å². The molecule has 8 heteroatoms. The summed E-state index contributed by atoms with van der Waals surface area (Å²) in [5.41, 5.74) is 3.26. The Labute approximate surface area is 185 Å². The summed E-state index contributed by atoms with van der Waals surface area (Å²) in [5.74, 6) is 0.488. The van der Waals surface area contributed by atoms with Gasteiger partial charge in [-0.2, -0.15) is 18.3 Å². The summed E-state index contributed by atoms with van der Waals surface area (Å²) in [6, 6.07) is 12.0. The summed E-state index contributed by atoms with van der Waals surface area (Å²) in [7, 11) is 1.60. The lowest BCUT2D eigenvalue weighted by Gasteiger charge is -2.16. The lowest BCUT2D eigenvalue weighted by molar-refractivity contribution is -0.137. The maximum Gasteiger partial charge on any atom is 0.416 e. The Balaban J connectivity index is 1.67. The molecule has 0 aliphatic heterocycles. The number of amides is 1. The molecule has 0 fully saturated rings. The molecule has 0 saturated heterocycles. The molecule has 170 valence electrons. The highest BCUT2D eigenvalue weighted by molar-refractivity contribution is 5.76. The first-order chi connectivity index (χ1) is 15.1. The number of carbonyl (C=O) groups is 1. The minimum atomic E-state index is -4.42. The van der Waals surface area contributed by atoms with Gasteiger partial charge in [0.2, 0.25) is 5.91 Å². The van der Waals surface area contributed by atoms with Crippen molar-refractivity contribution >= 4 is 5.91 Å². The van der Waals surface area contributed by atoms with E-state index in [1.807, 2.05) is 42.8 Å². The lowest BCUT2D eigenvalue weighted by Crippen LogP contribution is -2.27. The Morgan fingerprint density at radius 3 is 2.56 bits per heavy atom. The smallest absolute Gasteiger partial charge is 0.416 e. The van der Waals surface area contributed by atoms with Gasteiger partial charge in [-0.15, -0.1) is 0 Å². The van der Waals surface area contributed by atoms with E-state index in [1.54, 1.807) is 20.1 Å². The van der Waals surface area contributed by atoms with Crippen LogP contribution in [0.4, 0.5) is 13.2 Å². The standard InChI is InChI=1S/C24H26F3N3O2/c1-15(18-7-5-8-19(13-18)24(25,26)27)28-23(31)12-11-22-16(2)29-30(17(22)3)20-9-6-10-21(14-20)32-4/h5-10,13-15H,11-12H2,1-4H3,(H,28,31). The molecule has 3 rings (SSSR count). The third-order valence-electron chi connectivity index (χ3n) is 5.43. The maximum atomic E-state index is 12.9. The van der Waals surface area contributed by atoms with E-state index in [9.17, 15) is 18.0 Å². The van der Waals surface area contributed by atoms with Gasteiger partial charge in [-0.3, -0.25) is 4.79 Å². The minimum absolute atomic E-state index is 0.203. The van der Waals surface area contributed by atoms with E-state index in [1.165, 1.54) is 6.07 Å². The van der Waals surface area contributed by atoms with Gasteiger partial charge in [-0.05, 0) is 62.6 Å². The molecule has 0 saturated carbocycles. The molecule has 0 bridgehead atoms. The van der Waals surface area contributed by atoms with E-state index in [-0.39, 0.29) is 12.3 Å². The molecule has 1 N–H and O–H groups in total. The monoisotopic (exact) mass is 445 g/mol. The molecule has 0 radical (unpaired) electrons. The fourth-order valence-electron chi connectivity index (χ4n) is 3.65. The van der Waals surface area contributed by atoms with Crippen LogP contribution in [-0.2, 0) is 17.4 Å². The van der Waals surface area contributed by atoms with Crippen molar-refractivity contribution in [2.75, 3.05) is 7.11 Å². The zero-order chi connectivity index (χ0) is 23.5. The summed E-state index contributed by atoms with van der Waals surface area (Å²) in [6.07, 6.45) is -3.74. The number of halogens is 3. The van der Waals surface area contributed by atoms with Crippen LogP contribution in [0, 0.1) is 13.8 Å². The normalized spacial score (nSPS) is 12.5. The number of hydrogen-bond acceptors (Lipinski definition) is 3. The first-order valence-corrected chi connectivity index (χ1v) is 10.3. The number of carbonyl (C=O) groups excluding carboxylic acids is 1. The number of rotatable bonds is 7. The molecular formula is C24H26F3N3O2. The van der Waals surface area contributed by atoms with E-state index in [0.29, 0.717) is 12.0 Å². The molecule has 1 atom stereocenters. The van der Waals surface area contributed by atoms with Crippen molar-refractivity contribution in [2.45, 2.75) is 45.8 Å². The van der Waals surface area contributed by atoms with Crippen LogP contribution >= 0.6 is 0 Å². The SMILES string of the molecule is COc1cccc(-n2nc(C)c(CCC(=O)NC(C)c3cccc(C(F)(F)F)c3)c2C)c1. The van der Waals surface area contributed by atoms with E-state index in [0.717, 1.165) is 40.5 Å². The van der Waals surface area contributed by atoms with Crippen molar-refractivity contribution in [2.24, 2.45) is 0 Å². The summed E-state index contributed by atoms with van der Waals surface area (Å²) < 4.78 is 45.9. The average molecular weight is 445 g/mol. The van der Waals surface area contributed by atoms with Gasteiger partial charge in [0.05, 0.1) is 30.1 Å². The van der Waals surface area contributed by atoms with E-state index >= 15 is 0 Å². The van der Waals surface area contributed by atoms with Crippen LogP contribution in [0.3, 0.4) is 0 Å². The van der Waals surface area contributed by atoms with Crippen molar-refractivity contribution in [3.63, 3.8) is 0 Å². The molecule has 1 heterocycles. The van der Waals surface area contributed by atoms with Crippen LogP contribution in [0.1, 0.15) is 47.5 Å². The summed E-state index contributed by atoms with van der Waals surface area (Å²) in [5, 5.41) is 7.39. The number of methoxy groups -OCH3 is 1. The highest BCUT2D eigenvalue weighted by atomic mass is 19.4. The molecule has 0 aliphatic carbocycles. The van der Waals surface area contributed by atoms with Crippen molar-refractivity contribution in [3.8, 4) is 11.4 Å². The number of aromatic nitrogens is 2. The van der Waals surface area contributed by atoms with E-state index < -0.39 is 17.8 Å². The summed E-state index contributed by atoms with van der Waals surface area (Å²) in [6.45, 7) is 5.50. The number of nitrogens with one attached hydrogen (secondary N) is 1. The van der Waals surface area contributed by atoms with Gasteiger partial charge in [-0.25, -0.2) is 4.68 Å². The molecule has 1 amide bonds. The number of nitrogens with zero attached hydrogens (tertiary/aromatic N) is 2. The van der Waals surface area contributed by atoms with Crippen LogP contribution in [0.2, 0.25) is 0 Å². The molecule has 5 nitrogen and oxygen atoms in total. The largest absolute Gasteiger partial charge is 0.497 e. The molecular weight excluding hydrogens is 419 g/mol. The third kappa shape index (κ3) is 5.30. The van der Waals surface area contributed by atoms with Gasteiger partial charge in [0.1, 0.15) is 5.75 Å². The molecule has 0 aliphatic rings. The highest BCUT2D eigenvalue weighted by Gasteiger charge is 2.30. The molecule has 0 spiro atoms. The Morgan fingerprint density at radius 2 is 1.88 bits per heavy atom. The van der Waals surface area contributed by atoms with Gasteiger partial charge >= 0.3 is 6.18 Å². The Kier molecular flexibility index (Phi) is 6.91. The number of aryl methyl sites for hydroxylation is 1. The van der Waals surface area contributed by atoms with Gasteiger partial charge in [0, 0.05) is 18.2 Å². The maximum absolute atomic E-state index is 12.9. The fourth-order valence-corrected chi connectivity index (χ4v) is 3.65. The molecule has 2 aromatic carbocycles. The number of ether oxygens (including phenoxy) is 1. The predicted octanol–water partition coefficient (Wildman–Crippen LogP) is 5.33. The summed E-state index contributed by atoms with van der Waals surface area (Å²) >= 11 is 0. The van der Waals surface area contributed by atoms with Gasteiger partial charge in [-0.1, -0.05) is 18.2 Å². The van der Waals surface area contributed by atoms with Crippen LogP contribution in [0.15, 0.2) is 48.5 Å². The highest BCUT2D eigenvalue weighted by Crippen LogP contribution is 2.30. The van der Waals surface area contributed by atoms with Crippen molar-refractivity contribution < 1.29 is 22.7 Å². The Hall–Kier alpha value is -3.29. The van der Waals surface area contributed by atoms with Gasteiger partial charge < -0.3 is 10.1 Å². The topological polar surface area (TPSA) is 56.2 Å². The van der Waals surface area contributed by atoms with Crippen LogP contribution < -0.4 is 10.1 Å². The van der Waals surface area contributed by atoms with Crippen molar-refractivity contribution in [1.29, 1.82) is 0 Å². The van der Waals surface area contributed by atoms with Crippen molar-refractivity contribution in [1.82, 2.24) is 15.1 Å². The zero-order valence-electron chi connectivity index (χ0n) is 18.5. The molecule has 32 heavy (non-hydrogen) atoms. The Morgan fingerprint density at radius 1 is 1.16 bits per heavy atom. The number of alkyl halides is 3. The van der Waals surface area contributed by atoms with Crippen molar-refractivity contribution in [3.05, 3.63) is 76.6 Å². The van der Waals surface area contributed by atoms with Crippen LogP contribution in [-0.4, -0.2) is 22.8 Å². The predicted molar refractivity (Wildman–Crippen MR) is 116 cm³/mol. The number of benzene rings is 2. The second-order valence-electron chi connectivity index (χ2n) is 7.68. The lowest BCUT2D eigenvalue weighted by atomic mass is 10.0. The first kappa shape index (κ1) is 23.4. The van der Waals surface area contributed by atoms with E-state index in [4.69, 9.17) is 4.74 Å². The molecule has 1 unspecified atom stereocenters. The second-order valence-corrected chi connectivity index (χ2v) is 7.68. The molecule has 3 aromatic rings. The van der Waals surface area contributed by atoms with E-state index in [2.05, 4.69) is 10.4 Å². The quantitative estimate of drug-likeness (QED) is 0.535.